The predicted octanol–water partition coefficient (Wildman–Crippen LogP) is 3.41. The molecular weight excluding hydrogens is 401 g/mol. The number of nitrogens with two attached hydrogens (primary N) is 1. The van der Waals surface area contributed by atoms with Gasteiger partial charge in [0, 0.05) is 29.5 Å². The molecule has 2 aromatic rings. The van der Waals surface area contributed by atoms with E-state index in [9.17, 15) is 8.42 Å². The third-order valence-corrected chi connectivity index (χ3v) is 5.60. The lowest BCUT2D eigenvalue weighted by atomic mass is 10.2. The van der Waals surface area contributed by atoms with Crippen LogP contribution >= 0.6 is 39.1 Å². The van der Waals surface area contributed by atoms with Gasteiger partial charge in [-0.2, -0.15) is 0 Å². The molecule has 0 aliphatic carbocycles. The Labute approximate surface area is 140 Å². The van der Waals surface area contributed by atoms with E-state index in [1.807, 2.05) is 0 Å². The van der Waals surface area contributed by atoms with E-state index >= 15 is 0 Å². The summed E-state index contributed by atoms with van der Waals surface area (Å²) in [5, 5.41) is 0.342. The Morgan fingerprint density at radius 3 is 2.62 bits per heavy atom. The number of halogens is 3. The molecule has 0 unspecified atom stereocenters. The summed E-state index contributed by atoms with van der Waals surface area (Å²) in [5.41, 5.74) is 6.28. The monoisotopic (exact) mass is 409 g/mol. The van der Waals surface area contributed by atoms with Gasteiger partial charge in [-0.1, -0.05) is 23.2 Å². The lowest BCUT2D eigenvalue weighted by Crippen LogP contribution is -2.15. The van der Waals surface area contributed by atoms with E-state index in [2.05, 4.69) is 25.6 Å². The Bertz CT molecular complexity index is 784. The van der Waals surface area contributed by atoms with Gasteiger partial charge in [-0.15, -0.1) is 0 Å². The van der Waals surface area contributed by atoms with Crippen molar-refractivity contribution in [3.05, 3.63) is 50.7 Å². The van der Waals surface area contributed by atoms with Crippen LogP contribution < -0.4 is 10.5 Å². The summed E-state index contributed by atoms with van der Waals surface area (Å²) in [5.74, 6) is 0. The zero-order chi connectivity index (χ0) is 15.6. The Balaban J connectivity index is 2.48. The molecule has 0 bridgehead atoms. The molecule has 1 aromatic carbocycles. The number of benzene rings is 1. The highest BCUT2D eigenvalue weighted by molar-refractivity contribution is 9.10. The van der Waals surface area contributed by atoms with Crippen LogP contribution in [-0.4, -0.2) is 13.4 Å². The van der Waals surface area contributed by atoms with Gasteiger partial charge in [0.1, 0.15) is 4.90 Å². The molecule has 0 saturated carbocycles. The van der Waals surface area contributed by atoms with Crippen molar-refractivity contribution in [3.63, 3.8) is 0 Å². The van der Waals surface area contributed by atoms with E-state index in [4.69, 9.17) is 28.9 Å². The van der Waals surface area contributed by atoms with E-state index in [-0.39, 0.29) is 16.5 Å². The first kappa shape index (κ1) is 16.5. The molecule has 3 N–H and O–H groups in total. The fraction of sp³-hybridized carbons (Fsp3) is 0.0833. The summed E-state index contributed by atoms with van der Waals surface area (Å²) in [7, 11) is -3.87. The molecule has 0 amide bonds. The normalized spacial score (nSPS) is 11.4. The molecular formula is C12H10BrCl2N3O2S. The third kappa shape index (κ3) is 3.49. The average Bonchev–Trinajstić information content (AvgIpc) is 2.41. The SMILES string of the molecule is NCc1c(Cl)ccc(S(=O)(=O)Nc2ccncc2Br)c1Cl. The standard InChI is InChI=1S/C12H10BrCl2N3O2S/c13-8-6-17-4-3-10(8)18-21(19,20)11-2-1-9(14)7(5-16)12(11)15/h1-4,6H,5,16H2,(H,17,18). The van der Waals surface area contributed by atoms with E-state index in [0.717, 1.165) is 0 Å². The van der Waals surface area contributed by atoms with Crippen LogP contribution in [0.1, 0.15) is 5.56 Å². The number of nitrogens with one attached hydrogen (secondary N) is 1. The van der Waals surface area contributed by atoms with Gasteiger partial charge in [0.25, 0.3) is 10.0 Å². The molecule has 0 fully saturated rings. The number of pyridine rings is 1. The van der Waals surface area contributed by atoms with E-state index < -0.39 is 10.0 Å². The molecule has 1 heterocycles. The van der Waals surface area contributed by atoms with E-state index in [0.29, 0.717) is 20.7 Å². The van der Waals surface area contributed by atoms with Gasteiger partial charge in [-0.3, -0.25) is 9.71 Å². The quantitative estimate of drug-likeness (QED) is 0.808. The summed E-state index contributed by atoms with van der Waals surface area (Å²) in [4.78, 5) is 3.78. The summed E-state index contributed by atoms with van der Waals surface area (Å²) in [6.45, 7) is 0.0416. The van der Waals surface area contributed by atoms with Crippen molar-refractivity contribution in [2.24, 2.45) is 5.73 Å². The first-order chi connectivity index (χ1) is 9.86. The second-order valence-electron chi connectivity index (χ2n) is 4.00. The molecule has 5 nitrogen and oxygen atoms in total. The Morgan fingerprint density at radius 1 is 1.29 bits per heavy atom. The molecule has 112 valence electrons. The fourth-order valence-electron chi connectivity index (χ4n) is 1.63. The highest BCUT2D eigenvalue weighted by Gasteiger charge is 2.22. The van der Waals surface area contributed by atoms with Gasteiger partial charge in [0.2, 0.25) is 0 Å². The highest BCUT2D eigenvalue weighted by Crippen LogP contribution is 2.32. The second-order valence-corrected chi connectivity index (χ2v) is 7.29. The fourth-order valence-corrected chi connectivity index (χ4v) is 4.12. The Kier molecular flexibility index (Phi) is 5.11. The van der Waals surface area contributed by atoms with Gasteiger partial charge in [0.05, 0.1) is 15.2 Å². The molecule has 0 radical (unpaired) electrons. The van der Waals surface area contributed by atoms with Crippen LogP contribution in [-0.2, 0) is 16.6 Å². The molecule has 0 atom stereocenters. The van der Waals surface area contributed by atoms with Crippen LogP contribution in [0.25, 0.3) is 0 Å². The highest BCUT2D eigenvalue weighted by atomic mass is 79.9. The number of hydrogen-bond acceptors (Lipinski definition) is 4. The van der Waals surface area contributed by atoms with Gasteiger partial charge in [0.15, 0.2) is 0 Å². The van der Waals surface area contributed by atoms with Crippen LogP contribution in [0.5, 0.6) is 0 Å². The number of sulfonamides is 1. The van der Waals surface area contributed by atoms with Crippen LogP contribution in [0, 0.1) is 0 Å². The van der Waals surface area contributed by atoms with Crippen molar-refractivity contribution in [1.82, 2.24) is 4.98 Å². The first-order valence-corrected chi connectivity index (χ1v) is 8.69. The zero-order valence-electron chi connectivity index (χ0n) is 10.5. The lowest BCUT2D eigenvalue weighted by Gasteiger charge is -2.13. The molecule has 0 aliphatic heterocycles. The molecule has 0 aliphatic rings. The van der Waals surface area contributed by atoms with Gasteiger partial charge >= 0.3 is 0 Å². The van der Waals surface area contributed by atoms with Crippen LogP contribution in [0.2, 0.25) is 10.0 Å². The maximum atomic E-state index is 12.4. The minimum atomic E-state index is -3.87. The molecule has 1 aromatic heterocycles. The van der Waals surface area contributed by atoms with Gasteiger partial charge < -0.3 is 5.73 Å². The minimum absolute atomic E-state index is 0.0164. The van der Waals surface area contributed by atoms with Crippen LogP contribution in [0.4, 0.5) is 5.69 Å². The smallest absolute Gasteiger partial charge is 0.263 e. The number of hydrogen-bond donors (Lipinski definition) is 2. The van der Waals surface area contributed by atoms with E-state index in [1.54, 1.807) is 0 Å². The van der Waals surface area contributed by atoms with Crippen molar-refractivity contribution in [3.8, 4) is 0 Å². The number of rotatable bonds is 4. The number of nitrogens with zero attached hydrogens (tertiary/aromatic N) is 1. The Morgan fingerprint density at radius 2 is 2.00 bits per heavy atom. The number of aromatic nitrogens is 1. The maximum absolute atomic E-state index is 12.4. The minimum Gasteiger partial charge on any atom is -0.326 e. The van der Waals surface area contributed by atoms with Crippen molar-refractivity contribution >= 4 is 54.8 Å². The Hall–Kier alpha value is -0.860. The predicted molar refractivity (Wildman–Crippen MR) is 87.1 cm³/mol. The van der Waals surface area contributed by atoms with Gasteiger partial charge in [-0.05, 0) is 34.1 Å². The topological polar surface area (TPSA) is 85.1 Å². The van der Waals surface area contributed by atoms with Gasteiger partial charge in [-0.25, -0.2) is 8.42 Å². The first-order valence-electron chi connectivity index (χ1n) is 5.66. The summed E-state index contributed by atoms with van der Waals surface area (Å²) in [6, 6.07) is 4.31. The van der Waals surface area contributed by atoms with Crippen LogP contribution in [0.3, 0.4) is 0 Å². The summed E-state index contributed by atoms with van der Waals surface area (Å²) >= 11 is 15.3. The molecule has 21 heavy (non-hydrogen) atoms. The van der Waals surface area contributed by atoms with Crippen molar-refractivity contribution in [2.75, 3.05) is 4.72 Å². The molecule has 0 saturated heterocycles. The van der Waals surface area contributed by atoms with Crippen LogP contribution in [0.15, 0.2) is 40.0 Å². The number of anilines is 1. The molecule has 2 rings (SSSR count). The second kappa shape index (κ2) is 6.50. The molecule has 0 spiro atoms. The van der Waals surface area contributed by atoms with Crippen molar-refractivity contribution in [1.29, 1.82) is 0 Å². The largest absolute Gasteiger partial charge is 0.326 e. The van der Waals surface area contributed by atoms with E-state index in [1.165, 1.54) is 30.6 Å². The summed E-state index contributed by atoms with van der Waals surface area (Å²) in [6.07, 6.45) is 2.95. The van der Waals surface area contributed by atoms with Crippen molar-refractivity contribution < 1.29 is 8.42 Å². The third-order valence-electron chi connectivity index (χ3n) is 2.66. The van der Waals surface area contributed by atoms with Crippen molar-refractivity contribution in [2.45, 2.75) is 11.4 Å². The summed E-state index contributed by atoms with van der Waals surface area (Å²) < 4.78 is 27.8. The lowest BCUT2D eigenvalue weighted by molar-refractivity contribution is 0.601. The maximum Gasteiger partial charge on any atom is 0.263 e. The zero-order valence-corrected chi connectivity index (χ0v) is 14.4. The average molecular weight is 411 g/mol. The molecule has 9 heteroatoms.